The largest absolute Gasteiger partial charge is 0.364 e. The molecule has 0 radical (unpaired) electrons. The van der Waals surface area contributed by atoms with Gasteiger partial charge in [0.2, 0.25) is 0 Å². The zero-order valence-electron chi connectivity index (χ0n) is 11.7. The van der Waals surface area contributed by atoms with Gasteiger partial charge in [-0.05, 0) is 12.5 Å². The van der Waals surface area contributed by atoms with E-state index in [1.54, 1.807) is 23.2 Å². The maximum atomic E-state index is 13.9. The van der Waals surface area contributed by atoms with Crippen molar-refractivity contribution in [1.29, 1.82) is 0 Å². The number of nitrogens with two attached hydrogens (primary N) is 1. The number of carbonyl (C=O) groups is 1. The van der Waals surface area contributed by atoms with Crippen LogP contribution in [0.2, 0.25) is 0 Å². The molecule has 0 fully saturated rings. The Balaban J connectivity index is 2.18. The molecule has 1 amide bonds. The van der Waals surface area contributed by atoms with Crippen molar-refractivity contribution in [2.24, 2.45) is 10.8 Å². The molecule has 0 aromatic heterocycles. The molecule has 1 heterocycles. The van der Waals surface area contributed by atoms with E-state index in [0.717, 1.165) is 19.3 Å². The van der Waals surface area contributed by atoms with Gasteiger partial charge in [0.15, 0.2) is 0 Å². The predicted octanol–water partition coefficient (Wildman–Crippen LogP) is 2.60. The van der Waals surface area contributed by atoms with Gasteiger partial charge in [-0.3, -0.25) is 9.80 Å². The van der Waals surface area contributed by atoms with Crippen LogP contribution in [0.5, 0.6) is 0 Å². The first-order chi connectivity index (χ1) is 9.63. The average molecular weight is 277 g/mol. The lowest BCUT2D eigenvalue weighted by atomic mass is 10.0. The van der Waals surface area contributed by atoms with E-state index in [0.29, 0.717) is 24.2 Å². The number of primary amides is 1. The summed E-state index contributed by atoms with van der Waals surface area (Å²) in [6.45, 7) is 2.83. The average Bonchev–Trinajstić information content (AvgIpc) is 2.84. The molecule has 0 aliphatic carbocycles. The molecule has 1 aromatic rings. The van der Waals surface area contributed by atoms with Crippen molar-refractivity contribution in [3.8, 4) is 0 Å². The van der Waals surface area contributed by atoms with E-state index in [1.165, 1.54) is 6.07 Å². The van der Waals surface area contributed by atoms with Gasteiger partial charge in [0.05, 0.1) is 6.04 Å². The second-order valence-electron chi connectivity index (χ2n) is 5.02. The molecule has 1 unspecified atom stereocenters. The third kappa shape index (κ3) is 3.15. The first-order valence-corrected chi connectivity index (χ1v) is 7.01. The maximum absolute atomic E-state index is 13.9. The van der Waals surface area contributed by atoms with Crippen molar-refractivity contribution in [1.82, 2.24) is 5.01 Å². The Kier molecular flexibility index (Phi) is 4.71. The minimum atomic E-state index is -0.524. The Morgan fingerprint density at radius 1 is 1.45 bits per heavy atom. The third-order valence-electron chi connectivity index (χ3n) is 3.54. The summed E-state index contributed by atoms with van der Waals surface area (Å²) < 4.78 is 13.9. The minimum Gasteiger partial charge on any atom is -0.364 e. The number of rotatable bonds is 6. The van der Waals surface area contributed by atoms with Crippen LogP contribution < -0.4 is 5.73 Å². The van der Waals surface area contributed by atoms with Crippen LogP contribution in [0.4, 0.5) is 4.39 Å². The highest BCUT2D eigenvalue weighted by molar-refractivity contribution is 6.38. The molecule has 2 N–H and O–H groups in total. The van der Waals surface area contributed by atoms with Crippen molar-refractivity contribution in [3.05, 3.63) is 35.6 Å². The SMILES string of the molecule is CCCCCN1N=C(C(N)=O)CC1c1ccccc1F. The van der Waals surface area contributed by atoms with Crippen LogP contribution in [-0.2, 0) is 4.79 Å². The van der Waals surface area contributed by atoms with Crippen LogP contribution >= 0.6 is 0 Å². The Labute approximate surface area is 118 Å². The van der Waals surface area contributed by atoms with E-state index >= 15 is 0 Å². The second kappa shape index (κ2) is 6.50. The minimum absolute atomic E-state index is 0.226. The number of unbranched alkanes of at least 4 members (excludes halogenated alkanes) is 2. The molecule has 1 atom stereocenters. The summed E-state index contributed by atoms with van der Waals surface area (Å²) in [6, 6.07) is 6.40. The fourth-order valence-corrected chi connectivity index (χ4v) is 2.45. The van der Waals surface area contributed by atoms with Crippen molar-refractivity contribution in [3.63, 3.8) is 0 Å². The summed E-state index contributed by atoms with van der Waals surface area (Å²) in [5.41, 5.74) is 6.20. The molecule has 5 heteroatoms. The molecule has 0 bridgehead atoms. The summed E-state index contributed by atoms with van der Waals surface area (Å²) in [6.07, 6.45) is 3.53. The zero-order valence-corrected chi connectivity index (χ0v) is 11.7. The highest BCUT2D eigenvalue weighted by Gasteiger charge is 2.31. The number of halogens is 1. The van der Waals surface area contributed by atoms with Crippen LogP contribution in [0.15, 0.2) is 29.4 Å². The first kappa shape index (κ1) is 14.5. The number of hydrogen-bond acceptors (Lipinski definition) is 3. The second-order valence-corrected chi connectivity index (χ2v) is 5.02. The van der Waals surface area contributed by atoms with E-state index in [2.05, 4.69) is 12.0 Å². The summed E-state index contributed by atoms with van der Waals surface area (Å²) in [5, 5.41) is 6.07. The zero-order chi connectivity index (χ0) is 14.5. The van der Waals surface area contributed by atoms with E-state index in [-0.39, 0.29) is 11.9 Å². The number of carbonyl (C=O) groups excluding carboxylic acids is 1. The molecule has 0 saturated carbocycles. The van der Waals surface area contributed by atoms with Gasteiger partial charge in [-0.15, -0.1) is 0 Å². The van der Waals surface area contributed by atoms with Crippen LogP contribution in [0, 0.1) is 5.82 Å². The van der Waals surface area contributed by atoms with Gasteiger partial charge < -0.3 is 5.73 Å². The van der Waals surface area contributed by atoms with Gasteiger partial charge in [-0.2, -0.15) is 5.10 Å². The van der Waals surface area contributed by atoms with Crippen LogP contribution in [0.3, 0.4) is 0 Å². The highest BCUT2D eigenvalue weighted by atomic mass is 19.1. The van der Waals surface area contributed by atoms with Crippen LogP contribution in [0.1, 0.15) is 44.2 Å². The molecule has 2 rings (SSSR count). The van der Waals surface area contributed by atoms with E-state index in [4.69, 9.17) is 5.73 Å². The van der Waals surface area contributed by atoms with Gasteiger partial charge in [-0.1, -0.05) is 38.0 Å². The monoisotopic (exact) mass is 277 g/mol. The molecular weight excluding hydrogens is 257 g/mol. The number of benzene rings is 1. The molecular formula is C15H20FN3O. The summed E-state index contributed by atoms with van der Waals surface area (Å²) in [7, 11) is 0. The van der Waals surface area contributed by atoms with Gasteiger partial charge >= 0.3 is 0 Å². The van der Waals surface area contributed by atoms with Crippen molar-refractivity contribution < 1.29 is 9.18 Å². The normalized spacial score (nSPS) is 18.2. The van der Waals surface area contributed by atoms with Crippen LogP contribution in [0.25, 0.3) is 0 Å². The molecule has 1 aliphatic rings. The van der Waals surface area contributed by atoms with E-state index < -0.39 is 5.91 Å². The van der Waals surface area contributed by atoms with Crippen molar-refractivity contribution >= 4 is 11.6 Å². The number of hydrazone groups is 1. The standard InChI is InChI=1S/C15H20FN3O/c1-2-3-6-9-19-14(10-13(18-19)15(17)20)11-7-4-5-8-12(11)16/h4-5,7-8,14H,2-3,6,9-10H2,1H3,(H2,17,20). The predicted molar refractivity (Wildman–Crippen MR) is 76.6 cm³/mol. The number of nitrogens with zero attached hydrogens (tertiary/aromatic N) is 2. The smallest absolute Gasteiger partial charge is 0.264 e. The molecule has 0 spiro atoms. The lowest BCUT2D eigenvalue weighted by Gasteiger charge is -2.24. The highest BCUT2D eigenvalue weighted by Crippen LogP contribution is 2.32. The van der Waals surface area contributed by atoms with Gasteiger partial charge in [0.25, 0.3) is 5.91 Å². The van der Waals surface area contributed by atoms with Gasteiger partial charge in [0, 0.05) is 18.5 Å². The molecule has 108 valence electrons. The van der Waals surface area contributed by atoms with E-state index in [9.17, 15) is 9.18 Å². The van der Waals surface area contributed by atoms with E-state index in [1.807, 2.05) is 0 Å². The number of hydrogen-bond donors (Lipinski definition) is 1. The molecule has 1 aliphatic heterocycles. The van der Waals surface area contributed by atoms with Gasteiger partial charge in [0.1, 0.15) is 11.5 Å². The third-order valence-corrected chi connectivity index (χ3v) is 3.54. The maximum Gasteiger partial charge on any atom is 0.264 e. The Hall–Kier alpha value is -1.91. The molecule has 20 heavy (non-hydrogen) atoms. The van der Waals surface area contributed by atoms with Crippen molar-refractivity contribution in [2.75, 3.05) is 6.54 Å². The summed E-state index contributed by atoms with van der Waals surface area (Å²) in [4.78, 5) is 11.3. The topological polar surface area (TPSA) is 58.7 Å². The lowest BCUT2D eigenvalue weighted by Crippen LogP contribution is -2.22. The van der Waals surface area contributed by atoms with Crippen LogP contribution in [-0.4, -0.2) is 23.2 Å². The molecule has 0 saturated heterocycles. The Bertz CT molecular complexity index is 516. The first-order valence-electron chi connectivity index (χ1n) is 7.01. The van der Waals surface area contributed by atoms with Crippen molar-refractivity contribution in [2.45, 2.75) is 38.6 Å². The Morgan fingerprint density at radius 3 is 2.85 bits per heavy atom. The molecule has 1 aromatic carbocycles. The fraction of sp³-hybridized carbons (Fsp3) is 0.467. The number of amides is 1. The quantitative estimate of drug-likeness (QED) is 0.812. The lowest BCUT2D eigenvalue weighted by molar-refractivity contribution is -0.112. The summed E-state index contributed by atoms with van der Waals surface area (Å²) in [5.74, 6) is -0.789. The Morgan fingerprint density at radius 2 is 2.20 bits per heavy atom. The fourth-order valence-electron chi connectivity index (χ4n) is 2.45. The molecule has 4 nitrogen and oxygen atoms in total. The summed E-state index contributed by atoms with van der Waals surface area (Å²) >= 11 is 0. The van der Waals surface area contributed by atoms with Gasteiger partial charge in [-0.25, -0.2) is 4.39 Å².